The number of aryl methyl sites for hydroxylation is 4. The lowest BCUT2D eigenvalue weighted by Gasteiger charge is -1.98. The summed E-state index contributed by atoms with van der Waals surface area (Å²) in [6.45, 7) is 9.14. The molecule has 0 unspecified atom stereocenters. The topological polar surface area (TPSA) is 0 Å². The van der Waals surface area contributed by atoms with Gasteiger partial charge in [-0.25, -0.2) is 0 Å². The molecule has 0 fully saturated rings. The van der Waals surface area contributed by atoms with Gasteiger partial charge in [-0.15, -0.1) is 22.7 Å². The highest BCUT2D eigenvalue weighted by atomic mass is 32.1. The van der Waals surface area contributed by atoms with Crippen molar-refractivity contribution >= 4 is 32.1 Å². The Labute approximate surface area is 106 Å². The number of thiophene rings is 2. The molecule has 0 aliphatic rings. The zero-order chi connectivity index (χ0) is 11.7. The molecule has 0 amide bonds. The molecule has 0 N–H and O–H groups in total. The average Bonchev–Trinajstić information content (AvgIpc) is 2.82. The van der Waals surface area contributed by atoms with Crippen LogP contribution in [0.4, 0.5) is 0 Å². The van der Waals surface area contributed by atoms with Crippen molar-refractivity contribution < 1.29 is 0 Å². The summed E-state index contributed by atoms with van der Waals surface area (Å²) in [4.78, 5) is 3.22. The summed E-state index contributed by atoms with van der Waals surface area (Å²) in [5, 5.41) is 0. The molecule has 2 rings (SSSR count). The van der Waals surface area contributed by atoms with E-state index >= 15 is 0 Å². The zero-order valence-electron chi connectivity index (χ0n) is 10.6. The van der Waals surface area contributed by atoms with E-state index in [9.17, 15) is 0 Å². The second kappa shape index (κ2) is 4.89. The van der Waals surface area contributed by atoms with Gasteiger partial charge in [0.25, 0.3) is 0 Å². The Morgan fingerprint density at radius 3 is 1.25 bits per heavy atom. The van der Waals surface area contributed by atoms with Crippen molar-refractivity contribution in [2.75, 3.05) is 0 Å². The van der Waals surface area contributed by atoms with Crippen molar-refractivity contribution in [3.63, 3.8) is 0 Å². The second-order valence-corrected chi connectivity index (χ2v) is 6.29. The van der Waals surface area contributed by atoms with E-state index in [0.717, 1.165) is 0 Å². The van der Waals surface area contributed by atoms with E-state index in [1.54, 1.807) is 30.3 Å². The number of rotatable bonds is 4. The minimum Gasteiger partial charge on any atom is -0.139 e. The van der Waals surface area contributed by atoms with Crippen LogP contribution in [0.2, 0.25) is 0 Å². The Kier molecular flexibility index (Phi) is 3.70. The van der Waals surface area contributed by atoms with Crippen molar-refractivity contribution in [1.29, 1.82) is 0 Å². The molecule has 0 saturated carbocycles. The highest BCUT2D eigenvalue weighted by Gasteiger charge is 2.17. The summed E-state index contributed by atoms with van der Waals surface area (Å²) in [6.07, 6.45) is 4.77. The molecule has 0 saturated heterocycles. The van der Waals surface area contributed by atoms with Crippen molar-refractivity contribution in [3.05, 3.63) is 20.9 Å². The van der Waals surface area contributed by atoms with Crippen molar-refractivity contribution in [2.45, 2.75) is 53.4 Å². The summed E-state index contributed by atoms with van der Waals surface area (Å²) in [6, 6.07) is 0. The van der Waals surface area contributed by atoms with Crippen LogP contribution in [0.25, 0.3) is 9.40 Å². The molecule has 2 heteroatoms. The van der Waals surface area contributed by atoms with Gasteiger partial charge in [0.2, 0.25) is 0 Å². The van der Waals surface area contributed by atoms with E-state index in [1.807, 2.05) is 22.7 Å². The van der Waals surface area contributed by atoms with Crippen LogP contribution in [0.3, 0.4) is 0 Å². The molecule has 0 aliphatic heterocycles. The van der Waals surface area contributed by atoms with Gasteiger partial charge in [0.05, 0.1) is 0 Å². The van der Waals surface area contributed by atoms with Gasteiger partial charge in [-0.05, 0) is 36.8 Å². The summed E-state index contributed by atoms with van der Waals surface area (Å²) in [5.74, 6) is 0. The predicted molar refractivity (Wildman–Crippen MR) is 77.2 cm³/mol. The van der Waals surface area contributed by atoms with Gasteiger partial charge >= 0.3 is 0 Å². The average molecular weight is 252 g/mol. The summed E-state index contributed by atoms with van der Waals surface area (Å²) in [7, 11) is 0. The fourth-order valence-corrected chi connectivity index (χ4v) is 5.51. The molecule has 0 aromatic carbocycles. The van der Waals surface area contributed by atoms with E-state index < -0.39 is 0 Å². The third kappa shape index (κ3) is 1.72. The molecule has 2 heterocycles. The van der Waals surface area contributed by atoms with Crippen LogP contribution in [0.15, 0.2) is 0 Å². The van der Waals surface area contributed by atoms with E-state index in [4.69, 9.17) is 0 Å². The smallest absolute Gasteiger partial charge is 0.0491 e. The molecule has 0 radical (unpaired) electrons. The maximum Gasteiger partial charge on any atom is 0.0491 e. The molecule has 0 spiro atoms. The molecule has 2 aromatic heterocycles. The van der Waals surface area contributed by atoms with Crippen LogP contribution in [0.5, 0.6) is 0 Å². The van der Waals surface area contributed by atoms with Crippen LogP contribution in [-0.2, 0) is 25.7 Å². The van der Waals surface area contributed by atoms with Crippen LogP contribution in [0, 0.1) is 0 Å². The van der Waals surface area contributed by atoms with Crippen molar-refractivity contribution in [2.24, 2.45) is 0 Å². The van der Waals surface area contributed by atoms with E-state index in [1.165, 1.54) is 25.7 Å². The first kappa shape index (κ1) is 12.1. The lowest BCUT2D eigenvalue weighted by atomic mass is 10.1. The minimum absolute atomic E-state index is 1.19. The van der Waals surface area contributed by atoms with E-state index in [-0.39, 0.29) is 0 Å². The van der Waals surface area contributed by atoms with Crippen LogP contribution < -0.4 is 0 Å². The summed E-state index contributed by atoms with van der Waals surface area (Å²) in [5.41, 5.74) is 3.25. The highest BCUT2D eigenvalue weighted by molar-refractivity contribution is 7.28. The standard InChI is InChI=1S/C14H20S2/c1-5-9-11(7-3)15-14-10(6-2)12(8-4)16-13(9)14/h5-8H2,1-4H3. The number of hydrogen-bond donors (Lipinski definition) is 0. The fourth-order valence-electron chi connectivity index (χ4n) is 2.40. The second-order valence-electron chi connectivity index (χ2n) is 4.08. The summed E-state index contributed by atoms with van der Waals surface area (Å²) < 4.78 is 3.19. The van der Waals surface area contributed by atoms with Gasteiger partial charge in [0.1, 0.15) is 0 Å². The Morgan fingerprint density at radius 2 is 1.00 bits per heavy atom. The SMILES string of the molecule is CCc1sc2c(CC)c(CC)sc2c1CC. The van der Waals surface area contributed by atoms with E-state index in [0.29, 0.717) is 0 Å². The zero-order valence-corrected chi connectivity index (χ0v) is 12.3. The monoisotopic (exact) mass is 252 g/mol. The molecule has 0 bridgehead atoms. The van der Waals surface area contributed by atoms with Gasteiger partial charge in [0, 0.05) is 19.2 Å². The molecule has 0 nitrogen and oxygen atoms in total. The van der Waals surface area contributed by atoms with Crippen LogP contribution in [-0.4, -0.2) is 0 Å². The molecular formula is C14H20S2. The number of fused-ring (bicyclic) bond motifs is 1. The van der Waals surface area contributed by atoms with Crippen LogP contribution >= 0.6 is 22.7 Å². The molecular weight excluding hydrogens is 232 g/mol. The quantitative estimate of drug-likeness (QED) is 0.700. The molecule has 16 heavy (non-hydrogen) atoms. The lowest BCUT2D eigenvalue weighted by Crippen LogP contribution is -1.83. The maximum atomic E-state index is 2.29. The first-order valence-electron chi connectivity index (χ1n) is 6.31. The fraction of sp³-hybridized carbons (Fsp3) is 0.571. The Morgan fingerprint density at radius 1 is 0.625 bits per heavy atom. The third-order valence-electron chi connectivity index (χ3n) is 3.23. The minimum atomic E-state index is 1.19. The van der Waals surface area contributed by atoms with Gasteiger partial charge in [-0.2, -0.15) is 0 Å². The highest BCUT2D eigenvalue weighted by Crippen LogP contribution is 2.42. The number of hydrogen-bond acceptors (Lipinski definition) is 2. The molecule has 2 aromatic rings. The molecule has 0 atom stereocenters. The molecule has 0 aliphatic carbocycles. The van der Waals surface area contributed by atoms with Gasteiger partial charge in [-0.3, -0.25) is 0 Å². The van der Waals surface area contributed by atoms with Gasteiger partial charge < -0.3 is 0 Å². The largest absolute Gasteiger partial charge is 0.139 e. The Bertz CT molecular complexity index is 442. The summed E-state index contributed by atoms with van der Waals surface area (Å²) >= 11 is 4.09. The Hall–Kier alpha value is -0.340. The maximum absolute atomic E-state index is 2.29. The van der Waals surface area contributed by atoms with Crippen molar-refractivity contribution in [3.8, 4) is 0 Å². The Balaban J connectivity index is 2.71. The van der Waals surface area contributed by atoms with Crippen molar-refractivity contribution in [1.82, 2.24) is 0 Å². The normalized spacial score (nSPS) is 11.5. The molecule has 88 valence electrons. The lowest BCUT2D eigenvalue weighted by molar-refractivity contribution is 1.09. The predicted octanol–water partition coefficient (Wildman–Crippen LogP) is 5.21. The first-order valence-corrected chi connectivity index (χ1v) is 7.94. The van der Waals surface area contributed by atoms with Gasteiger partial charge in [-0.1, -0.05) is 27.7 Å². The van der Waals surface area contributed by atoms with E-state index in [2.05, 4.69) is 27.7 Å². The third-order valence-corrected chi connectivity index (χ3v) is 6.23. The van der Waals surface area contributed by atoms with Crippen LogP contribution in [0.1, 0.15) is 48.6 Å². The first-order chi connectivity index (χ1) is 7.76. The van der Waals surface area contributed by atoms with Gasteiger partial charge in [0.15, 0.2) is 0 Å².